The highest BCUT2D eigenvalue weighted by molar-refractivity contribution is 5.67. The molecule has 1 aliphatic rings. The molecule has 0 aliphatic carbocycles. The average molecular weight is 230 g/mol. The van der Waals surface area contributed by atoms with Crippen molar-refractivity contribution in [3.63, 3.8) is 0 Å². The summed E-state index contributed by atoms with van der Waals surface area (Å²) in [7, 11) is 0. The predicted molar refractivity (Wildman–Crippen MR) is 55.8 cm³/mol. The van der Waals surface area contributed by atoms with E-state index in [2.05, 4.69) is 0 Å². The molecule has 92 valence electrons. The Morgan fingerprint density at radius 1 is 1.38 bits per heavy atom. The maximum Gasteiger partial charge on any atom is 0.303 e. The second kappa shape index (κ2) is 5.30. The van der Waals surface area contributed by atoms with Crippen LogP contribution in [0.4, 0.5) is 0 Å². The van der Waals surface area contributed by atoms with Crippen LogP contribution in [0.1, 0.15) is 33.6 Å². The molecule has 1 aliphatic heterocycles. The quantitative estimate of drug-likeness (QED) is 0.678. The van der Waals surface area contributed by atoms with Gasteiger partial charge < -0.3 is 14.2 Å². The third-order valence-corrected chi connectivity index (χ3v) is 2.63. The van der Waals surface area contributed by atoms with Crippen molar-refractivity contribution in [2.45, 2.75) is 45.3 Å². The van der Waals surface area contributed by atoms with Gasteiger partial charge in [0.05, 0.1) is 0 Å². The van der Waals surface area contributed by atoms with Crippen LogP contribution in [0, 0.1) is 0 Å². The first-order valence-electron chi connectivity index (χ1n) is 5.38. The maximum absolute atomic E-state index is 11.0. The van der Waals surface area contributed by atoms with Gasteiger partial charge in [0.15, 0.2) is 0 Å². The zero-order chi connectivity index (χ0) is 12.2. The molecule has 0 aromatic heterocycles. The molecule has 0 spiro atoms. The Hall–Kier alpha value is -1.10. The molecule has 0 unspecified atom stereocenters. The zero-order valence-electron chi connectivity index (χ0n) is 9.95. The number of rotatable bonds is 3. The van der Waals surface area contributed by atoms with Crippen molar-refractivity contribution in [2.24, 2.45) is 0 Å². The second-order valence-electron chi connectivity index (χ2n) is 4.17. The van der Waals surface area contributed by atoms with E-state index in [1.54, 1.807) is 0 Å². The molecular weight excluding hydrogens is 212 g/mol. The molecule has 2 atom stereocenters. The van der Waals surface area contributed by atoms with Gasteiger partial charge in [-0.25, -0.2) is 0 Å². The van der Waals surface area contributed by atoms with Crippen LogP contribution in [0.2, 0.25) is 0 Å². The van der Waals surface area contributed by atoms with Crippen LogP contribution in [0.3, 0.4) is 0 Å². The first-order valence-corrected chi connectivity index (χ1v) is 5.38. The van der Waals surface area contributed by atoms with E-state index < -0.39 is 5.60 Å². The molecule has 0 N–H and O–H groups in total. The Labute approximate surface area is 95.0 Å². The molecule has 0 amide bonds. The fraction of sp³-hybridized carbons (Fsp3) is 0.818. The number of esters is 2. The van der Waals surface area contributed by atoms with E-state index in [1.807, 2.05) is 6.92 Å². The summed E-state index contributed by atoms with van der Waals surface area (Å²) in [4.78, 5) is 21.7. The van der Waals surface area contributed by atoms with Crippen molar-refractivity contribution in [3.8, 4) is 0 Å². The summed E-state index contributed by atoms with van der Waals surface area (Å²) in [6.45, 7) is 5.23. The van der Waals surface area contributed by atoms with Crippen LogP contribution in [-0.2, 0) is 23.8 Å². The standard InChI is InChI=1S/C11H18O5/c1-8(12)15-7-10-11(3,16-9(2)13)5-4-6-14-10/h10H,4-7H2,1-3H3/t10-,11+/m0/s1. The van der Waals surface area contributed by atoms with E-state index in [4.69, 9.17) is 14.2 Å². The van der Waals surface area contributed by atoms with Crippen molar-refractivity contribution in [3.05, 3.63) is 0 Å². The number of carbonyl (C=O) groups excluding carboxylic acids is 2. The van der Waals surface area contributed by atoms with Crippen LogP contribution in [0.5, 0.6) is 0 Å². The van der Waals surface area contributed by atoms with Crippen LogP contribution >= 0.6 is 0 Å². The molecular formula is C11H18O5. The number of ether oxygens (including phenoxy) is 3. The summed E-state index contributed by atoms with van der Waals surface area (Å²) in [5, 5.41) is 0. The van der Waals surface area contributed by atoms with Crippen molar-refractivity contribution >= 4 is 11.9 Å². The zero-order valence-corrected chi connectivity index (χ0v) is 9.95. The lowest BCUT2D eigenvalue weighted by atomic mass is 9.91. The van der Waals surface area contributed by atoms with Gasteiger partial charge in [0.2, 0.25) is 0 Å². The van der Waals surface area contributed by atoms with Gasteiger partial charge in [-0.05, 0) is 19.8 Å². The highest BCUT2D eigenvalue weighted by atomic mass is 16.6. The Morgan fingerprint density at radius 2 is 2.06 bits per heavy atom. The topological polar surface area (TPSA) is 61.8 Å². The first-order chi connectivity index (χ1) is 7.44. The second-order valence-corrected chi connectivity index (χ2v) is 4.17. The van der Waals surface area contributed by atoms with Gasteiger partial charge in [-0.3, -0.25) is 9.59 Å². The van der Waals surface area contributed by atoms with Crippen molar-refractivity contribution in [1.29, 1.82) is 0 Å². The minimum Gasteiger partial charge on any atom is -0.463 e. The molecule has 5 heteroatoms. The maximum atomic E-state index is 11.0. The monoisotopic (exact) mass is 230 g/mol. The van der Waals surface area contributed by atoms with E-state index in [-0.39, 0.29) is 24.6 Å². The smallest absolute Gasteiger partial charge is 0.303 e. The Bertz CT molecular complexity index is 276. The third kappa shape index (κ3) is 3.48. The molecule has 0 radical (unpaired) electrons. The first kappa shape index (κ1) is 13.0. The summed E-state index contributed by atoms with van der Waals surface area (Å²) in [5.74, 6) is -0.708. The largest absolute Gasteiger partial charge is 0.463 e. The van der Waals surface area contributed by atoms with Crippen molar-refractivity contribution in [2.75, 3.05) is 13.2 Å². The highest BCUT2D eigenvalue weighted by Crippen LogP contribution is 2.29. The summed E-state index contributed by atoms with van der Waals surface area (Å²) in [5.41, 5.74) is -0.695. The average Bonchev–Trinajstić information content (AvgIpc) is 2.14. The Balaban J connectivity index is 2.61. The number of hydrogen-bond acceptors (Lipinski definition) is 5. The van der Waals surface area contributed by atoms with Gasteiger partial charge in [0.1, 0.15) is 18.3 Å². The number of carbonyl (C=O) groups is 2. The Kier molecular flexibility index (Phi) is 4.29. The van der Waals surface area contributed by atoms with Crippen molar-refractivity contribution in [1.82, 2.24) is 0 Å². The van der Waals surface area contributed by atoms with E-state index in [9.17, 15) is 9.59 Å². The lowest BCUT2D eigenvalue weighted by molar-refractivity contribution is -0.195. The summed E-state index contributed by atoms with van der Waals surface area (Å²) in [6.07, 6.45) is 1.17. The molecule has 1 heterocycles. The molecule has 0 aromatic rings. The summed E-state index contributed by atoms with van der Waals surface area (Å²) < 4.78 is 15.7. The van der Waals surface area contributed by atoms with Crippen LogP contribution in [-0.4, -0.2) is 36.9 Å². The van der Waals surface area contributed by atoms with Gasteiger partial charge in [-0.1, -0.05) is 0 Å². The SMILES string of the molecule is CC(=O)OC[C@@H]1OCCC[C@@]1(C)OC(C)=O. The lowest BCUT2D eigenvalue weighted by Crippen LogP contribution is -2.50. The predicted octanol–water partition coefficient (Wildman–Crippen LogP) is 1.05. The van der Waals surface area contributed by atoms with Gasteiger partial charge in [0.25, 0.3) is 0 Å². The van der Waals surface area contributed by atoms with Crippen LogP contribution < -0.4 is 0 Å². The third-order valence-electron chi connectivity index (χ3n) is 2.63. The normalized spacial score (nSPS) is 29.6. The molecule has 0 bridgehead atoms. The summed E-state index contributed by atoms with van der Waals surface area (Å²) in [6, 6.07) is 0. The van der Waals surface area contributed by atoms with Crippen molar-refractivity contribution < 1.29 is 23.8 Å². The Morgan fingerprint density at radius 3 is 2.62 bits per heavy atom. The van der Waals surface area contributed by atoms with E-state index in [0.717, 1.165) is 12.8 Å². The molecule has 1 rings (SSSR count). The van der Waals surface area contributed by atoms with E-state index in [0.29, 0.717) is 6.61 Å². The minimum atomic E-state index is -0.695. The van der Waals surface area contributed by atoms with Gasteiger partial charge >= 0.3 is 11.9 Å². The minimum absolute atomic E-state index is 0.124. The van der Waals surface area contributed by atoms with Gasteiger partial charge in [-0.2, -0.15) is 0 Å². The van der Waals surface area contributed by atoms with Crippen LogP contribution in [0.15, 0.2) is 0 Å². The highest BCUT2D eigenvalue weighted by Gasteiger charge is 2.41. The molecule has 0 aromatic carbocycles. The van der Waals surface area contributed by atoms with Gasteiger partial charge in [-0.15, -0.1) is 0 Å². The fourth-order valence-electron chi connectivity index (χ4n) is 1.85. The van der Waals surface area contributed by atoms with Crippen LogP contribution in [0.25, 0.3) is 0 Å². The molecule has 16 heavy (non-hydrogen) atoms. The lowest BCUT2D eigenvalue weighted by Gasteiger charge is -2.39. The van der Waals surface area contributed by atoms with Gasteiger partial charge in [0, 0.05) is 20.5 Å². The van der Waals surface area contributed by atoms with E-state index in [1.165, 1.54) is 13.8 Å². The molecule has 1 saturated heterocycles. The fourth-order valence-corrected chi connectivity index (χ4v) is 1.85. The number of hydrogen-bond donors (Lipinski definition) is 0. The molecule has 0 saturated carbocycles. The molecule has 5 nitrogen and oxygen atoms in total. The van der Waals surface area contributed by atoms with E-state index >= 15 is 0 Å². The summed E-state index contributed by atoms with van der Waals surface area (Å²) >= 11 is 0. The molecule has 1 fully saturated rings.